The average molecular weight is 329 g/mol. The maximum Gasteiger partial charge on any atom is 0.258 e. The molecule has 0 atom stereocenters. The summed E-state index contributed by atoms with van der Waals surface area (Å²) in [6, 6.07) is 3.52. The summed E-state index contributed by atoms with van der Waals surface area (Å²) in [5.74, 6) is 0.863. The molecule has 124 valence electrons. The van der Waals surface area contributed by atoms with Crippen LogP contribution in [0.4, 0.5) is 0 Å². The Hall–Kier alpha value is -1.46. The lowest BCUT2D eigenvalue weighted by molar-refractivity contribution is -0.124. The molecule has 0 radical (unpaired) electrons. The van der Waals surface area contributed by atoms with E-state index in [1.165, 1.54) is 0 Å². The predicted octanol–water partition coefficient (Wildman–Crippen LogP) is 2.75. The summed E-state index contributed by atoms with van der Waals surface area (Å²) in [7, 11) is 1.85. The first-order valence-corrected chi connectivity index (χ1v) is 7.68. The zero-order chi connectivity index (χ0) is 16.8. The molecule has 0 aliphatic rings. The summed E-state index contributed by atoms with van der Waals surface area (Å²) in [4.78, 5) is 11.8. The van der Waals surface area contributed by atoms with Crippen LogP contribution in [-0.2, 0) is 11.3 Å². The van der Waals surface area contributed by atoms with E-state index in [2.05, 4.69) is 10.6 Å². The fourth-order valence-electron chi connectivity index (χ4n) is 1.88. The Morgan fingerprint density at radius 1 is 1.23 bits per heavy atom. The van der Waals surface area contributed by atoms with Gasteiger partial charge in [0.25, 0.3) is 5.91 Å². The largest absolute Gasteiger partial charge is 0.490 e. The van der Waals surface area contributed by atoms with Crippen LogP contribution in [0.25, 0.3) is 0 Å². The Morgan fingerprint density at radius 3 is 2.41 bits per heavy atom. The molecule has 0 saturated heterocycles. The first-order chi connectivity index (χ1) is 10.3. The van der Waals surface area contributed by atoms with E-state index < -0.39 is 0 Å². The summed E-state index contributed by atoms with van der Waals surface area (Å²) in [6.45, 7) is 8.69. The van der Waals surface area contributed by atoms with Crippen molar-refractivity contribution >= 4 is 17.5 Å². The molecule has 0 saturated carbocycles. The molecule has 0 bridgehead atoms. The average Bonchev–Trinajstić information content (AvgIpc) is 2.39. The molecule has 0 aromatic heterocycles. The van der Waals surface area contributed by atoms with E-state index in [-0.39, 0.29) is 18.1 Å². The SMILES string of the molecule is CCOc1cc(CNC)c(Cl)cc1OCC(=O)NC(C)(C)C. The number of carbonyl (C=O) groups excluding carboxylic acids is 1. The van der Waals surface area contributed by atoms with E-state index in [1.54, 1.807) is 6.07 Å². The van der Waals surface area contributed by atoms with Gasteiger partial charge in [-0.15, -0.1) is 0 Å². The Bertz CT molecular complexity index is 513. The summed E-state index contributed by atoms with van der Waals surface area (Å²) in [5.41, 5.74) is 0.622. The summed E-state index contributed by atoms with van der Waals surface area (Å²) < 4.78 is 11.1. The van der Waals surface area contributed by atoms with Crippen LogP contribution in [0, 0.1) is 0 Å². The van der Waals surface area contributed by atoms with Crippen LogP contribution in [0.1, 0.15) is 33.3 Å². The van der Waals surface area contributed by atoms with E-state index >= 15 is 0 Å². The number of nitrogens with one attached hydrogen (secondary N) is 2. The first kappa shape index (κ1) is 18.6. The summed E-state index contributed by atoms with van der Waals surface area (Å²) >= 11 is 6.23. The Labute approximate surface area is 137 Å². The Kier molecular flexibility index (Phi) is 6.97. The van der Waals surface area contributed by atoms with E-state index in [0.717, 1.165) is 5.56 Å². The van der Waals surface area contributed by atoms with Gasteiger partial charge in [0.15, 0.2) is 18.1 Å². The minimum Gasteiger partial charge on any atom is -0.490 e. The van der Waals surface area contributed by atoms with Crippen LogP contribution in [0.15, 0.2) is 12.1 Å². The fourth-order valence-corrected chi connectivity index (χ4v) is 2.10. The van der Waals surface area contributed by atoms with Crippen LogP contribution in [0.3, 0.4) is 0 Å². The zero-order valence-electron chi connectivity index (χ0n) is 13.9. The monoisotopic (exact) mass is 328 g/mol. The first-order valence-electron chi connectivity index (χ1n) is 7.30. The number of hydrogen-bond donors (Lipinski definition) is 2. The zero-order valence-corrected chi connectivity index (χ0v) is 14.6. The third-order valence-electron chi connectivity index (χ3n) is 2.65. The lowest BCUT2D eigenvalue weighted by Crippen LogP contribution is -2.43. The second kappa shape index (κ2) is 8.25. The van der Waals surface area contributed by atoms with Crippen LogP contribution >= 0.6 is 11.6 Å². The number of rotatable bonds is 7. The van der Waals surface area contributed by atoms with Gasteiger partial charge < -0.3 is 20.1 Å². The number of hydrogen-bond acceptors (Lipinski definition) is 4. The van der Waals surface area contributed by atoms with Crippen LogP contribution in [0.5, 0.6) is 11.5 Å². The number of ether oxygens (including phenoxy) is 2. The van der Waals surface area contributed by atoms with Gasteiger partial charge in [-0.25, -0.2) is 0 Å². The molecular weight excluding hydrogens is 304 g/mol. The molecule has 5 nitrogen and oxygen atoms in total. The number of halogens is 1. The highest BCUT2D eigenvalue weighted by Crippen LogP contribution is 2.33. The van der Waals surface area contributed by atoms with Crippen LogP contribution < -0.4 is 20.1 Å². The van der Waals surface area contributed by atoms with Gasteiger partial charge in [-0.3, -0.25) is 4.79 Å². The maximum atomic E-state index is 11.8. The molecule has 0 unspecified atom stereocenters. The second-order valence-electron chi connectivity index (χ2n) is 5.94. The minimum absolute atomic E-state index is 0.0843. The van der Waals surface area contributed by atoms with Gasteiger partial charge in [0.2, 0.25) is 0 Å². The lowest BCUT2D eigenvalue weighted by Gasteiger charge is -2.21. The van der Waals surface area contributed by atoms with Crippen LogP contribution in [-0.4, -0.2) is 31.7 Å². The number of benzene rings is 1. The topological polar surface area (TPSA) is 59.6 Å². The molecule has 0 aliphatic carbocycles. The maximum absolute atomic E-state index is 11.8. The normalized spacial score (nSPS) is 11.2. The van der Waals surface area contributed by atoms with Gasteiger partial charge in [0, 0.05) is 23.2 Å². The molecule has 6 heteroatoms. The molecule has 1 aromatic rings. The molecular formula is C16H25ClN2O3. The number of carbonyl (C=O) groups is 1. The molecule has 2 N–H and O–H groups in total. The van der Waals surface area contributed by atoms with Gasteiger partial charge in [-0.1, -0.05) is 11.6 Å². The smallest absolute Gasteiger partial charge is 0.258 e. The van der Waals surface area contributed by atoms with Crippen molar-refractivity contribution in [3.63, 3.8) is 0 Å². The minimum atomic E-state index is -0.294. The van der Waals surface area contributed by atoms with Crippen molar-refractivity contribution in [2.24, 2.45) is 0 Å². The molecule has 0 spiro atoms. The van der Waals surface area contributed by atoms with Gasteiger partial charge in [-0.2, -0.15) is 0 Å². The second-order valence-corrected chi connectivity index (χ2v) is 6.35. The van der Waals surface area contributed by atoms with Gasteiger partial charge >= 0.3 is 0 Å². The van der Waals surface area contributed by atoms with E-state index in [9.17, 15) is 4.79 Å². The molecule has 0 aliphatic heterocycles. The quantitative estimate of drug-likeness (QED) is 0.808. The van der Waals surface area contributed by atoms with Crippen molar-refractivity contribution < 1.29 is 14.3 Å². The lowest BCUT2D eigenvalue weighted by atomic mass is 10.1. The van der Waals surface area contributed by atoms with Gasteiger partial charge in [0.05, 0.1) is 6.61 Å². The molecule has 0 heterocycles. The summed E-state index contributed by atoms with van der Waals surface area (Å²) in [5, 5.41) is 6.46. The van der Waals surface area contributed by atoms with Crippen molar-refractivity contribution in [1.29, 1.82) is 0 Å². The van der Waals surface area contributed by atoms with Gasteiger partial charge in [0.1, 0.15) is 0 Å². The third kappa shape index (κ3) is 6.12. The Morgan fingerprint density at radius 2 is 1.86 bits per heavy atom. The van der Waals surface area contributed by atoms with Crippen molar-refractivity contribution in [1.82, 2.24) is 10.6 Å². The van der Waals surface area contributed by atoms with Crippen molar-refractivity contribution in [2.45, 2.75) is 39.8 Å². The van der Waals surface area contributed by atoms with E-state index in [0.29, 0.717) is 29.7 Å². The predicted molar refractivity (Wildman–Crippen MR) is 88.8 cm³/mol. The van der Waals surface area contributed by atoms with Gasteiger partial charge in [-0.05, 0) is 46.4 Å². The number of amides is 1. The summed E-state index contributed by atoms with van der Waals surface area (Å²) in [6.07, 6.45) is 0. The van der Waals surface area contributed by atoms with E-state index in [4.69, 9.17) is 21.1 Å². The molecule has 1 rings (SSSR count). The highest BCUT2D eigenvalue weighted by atomic mass is 35.5. The fraction of sp³-hybridized carbons (Fsp3) is 0.562. The van der Waals surface area contributed by atoms with E-state index in [1.807, 2.05) is 40.8 Å². The van der Waals surface area contributed by atoms with Crippen molar-refractivity contribution in [2.75, 3.05) is 20.3 Å². The highest BCUT2D eigenvalue weighted by Gasteiger charge is 2.16. The molecule has 0 fully saturated rings. The molecule has 22 heavy (non-hydrogen) atoms. The third-order valence-corrected chi connectivity index (χ3v) is 3.00. The van der Waals surface area contributed by atoms with Crippen molar-refractivity contribution in [3.05, 3.63) is 22.7 Å². The Balaban J connectivity index is 2.84. The van der Waals surface area contributed by atoms with Crippen LogP contribution in [0.2, 0.25) is 5.02 Å². The molecule has 1 aromatic carbocycles. The highest BCUT2D eigenvalue weighted by molar-refractivity contribution is 6.31. The van der Waals surface area contributed by atoms with Crippen molar-refractivity contribution in [3.8, 4) is 11.5 Å². The molecule has 1 amide bonds. The standard InChI is InChI=1S/C16H25ClN2O3/c1-6-21-13-7-11(9-18-5)12(17)8-14(13)22-10-15(20)19-16(2,3)4/h7-8,18H,6,9-10H2,1-5H3,(H,19,20).